The lowest BCUT2D eigenvalue weighted by Crippen LogP contribution is -2.46. The van der Waals surface area contributed by atoms with Gasteiger partial charge in [-0.25, -0.2) is 9.37 Å². The van der Waals surface area contributed by atoms with Gasteiger partial charge in [0.25, 0.3) is 5.91 Å². The predicted molar refractivity (Wildman–Crippen MR) is 60.5 cm³/mol. The first-order chi connectivity index (χ1) is 7.35. The van der Waals surface area contributed by atoms with Crippen molar-refractivity contribution in [2.75, 3.05) is 6.61 Å². The van der Waals surface area contributed by atoms with E-state index < -0.39 is 17.3 Å². The molecular formula is C10H12BrFN2O2. The summed E-state index contributed by atoms with van der Waals surface area (Å²) in [5.74, 6) is -1.26. The lowest BCUT2D eigenvalue weighted by atomic mass is 10.1. The second kappa shape index (κ2) is 4.88. The molecule has 2 N–H and O–H groups in total. The third-order valence-electron chi connectivity index (χ3n) is 1.91. The lowest BCUT2D eigenvalue weighted by Gasteiger charge is -2.23. The Labute approximate surface area is 101 Å². The molecule has 1 aromatic rings. The molecule has 1 aromatic heterocycles. The maximum absolute atomic E-state index is 13.4. The minimum Gasteiger partial charge on any atom is -0.394 e. The third kappa shape index (κ3) is 3.24. The van der Waals surface area contributed by atoms with Gasteiger partial charge in [0.1, 0.15) is 10.4 Å². The van der Waals surface area contributed by atoms with Crippen molar-refractivity contribution in [1.82, 2.24) is 10.3 Å². The van der Waals surface area contributed by atoms with Gasteiger partial charge in [0.2, 0.25) is 0 Å². The van der Waals surface area contributed by atoms with Crippen molar-refractivity contribution >= 4 is 21.8 Å². The second-order valence-corrected chi connectivity index (χ2v) is 4.80. The fourth-order valence-electron chi connectivity index (χ4n) is 0.989. The van der Waals surface area contributed by atoms with E-state index in [1.54, 1.807) is 13.8 Å². The summed E-state index contributed by atoms with van der Waals surface area (Å²) in [5.41, 5.74) is -0.943. The predicted octanol–water partition coefficient (Wildman–Crippen LogP) is 1.48. The van der Waals surface area contributed by atoms with E-state index in [0.29, 0.717) is 4.60 Å². The first-order valence-electron chi connectivity index (χ1n) is 4.60. The molecule has 0 saturated heterocycles. The summed E-state index contributed by atoms with van der Waals surface area (Å²) in [5, 5.41) is 11.5. The van der Waals surface area contributed by atoms with Crippen LogP contribution in [-0.4, -0.2) is 28.1 Å². The van der Waals surface area contributed by atoms with Crippen LogP contribution in [0.1, 0.15) is 24.2 Å². The molecule has 0 aliphatic heterocycles. The van der Waals surface area contributed by atoms with Gasteiger partial charge in [-0.3, -0.25) is 4.79 Å². The van der Waals surface area contributed by atoms with Crippen LogP contribution in [0.4, 0.5) is 4.39 Å². The van der Waals surface area contributed by atoms with E-state index in [2.05, 4.69) is 26.2 Å². The second-order valence-electron chi connectivity index (χ2n) is 3.98. The summed E-state index contributed by atoms with van der Waals surface area (Å²) < 4.78 is 13.7. The topological polar surface area (TPSA) is 62.2 Å². The Balaban J connectivity index is 2.89. The van der Waals surface area contributed by atoms with Crippen LogP contribution < -0.4 is 5.32 Å². The maximum Gasteiger partial charge on any atom is 0.256 e. The molecule has 0 radical (unpaired) electrons. The zero-order valence-corrected chi connectivity index (χ0v) is 10.5. The van der Waals surface area contributed by atoms with Gasteiger partial charge in [0.05, 0.1) is 17.7 Å². The van der Waals surface area contributed by atoms with E-state index in [1.807, 2.05) is 0 Å². The number of nitrogens with zero attached hydrogens (tertiary/aromatic N) is 1. The van der Waals surface area contributed by atoms with E-state index in [4.69, 9.17) is 5.11 Å². The number of carbonyl (C=O) groups excluding carboxylic acids is 1. The molecule has 1 amide bonds. The molecule has 0 fully saturated rings. The highest BCUT2D eigenvalue weighted by Gasteiger charge is 2.22. The van der Waals surface area contributed by atoms with Crippen molar-refractivity contribution in [1.29, 1.82) is 0 Å². The number of rotatable bonds is 3. The van der Waals surface area contributed by atoms with Crippen LogP contribution in [0.2, 0.25) is 0 Å². The fraction of sp³-hybridized carbons (Fsp3) is 0.400. The maximum atomic E-state index is 13.4. The normalized spacial score (nSPS) is 11.3. The summed E-state index contributed by atoms with van der Waals surface area (Å²) >= 11 is 3.00. The van der Waals surface area contributed by atoms with Crippen LogP contribution in [0.3, 0.4) is 0 Å². The first kappa shape index (κ1) is 13.1. The van der Waals surface area contributed by atoms with Crippen LogP contribution in [0.15, 0.2) is 16.9 Å². The fourth-order valence-corrected chi connectivity index (χ4v) is 1.29. The third-order valence-corrected chi connectivity index (χ3v) is 2.35. The number of amides is 1. The number of halogens is 2. The van der Waals surface area contributed by atoms with Crippen molar-refractivity contribution in [2.45, 2.75) is 19.4 Å². The van der Waals surface area contributed by atoms with Crippen LogP contribution in [0, 0.1) is 5.82 Å². The Morgan fingerprint density at radius 3 is 2.81 bits per heavy atom. The highest BCUT2D eigenvalue weighted by molar-refractivity contribution is 9.10. The Hall–Kier alpha value is -1.01. The van der Waals surface area contributed by atoms with E-state index >= 15 is 0 Å². The SMILES string of the molecule is CC(C)(CO)NC(=O)c1cnc(Br)cc1F. The van der Waals surface area contributed by atoms with Crippen molar-refractivity contribution in [3.05, 3.63) is 28.2 Å². The van der Waals surface area contributed by atoms with E-state index in [0.717, 1.165) is 12.3 Å². The number of aliphatic hydroxyl groups excluding tert-OH is 1. The number of aromatic nitrogens is 1. The highest BCUT2D eigenvalue weighted by Crippen LogP contribution is 2.13. The van der Waals surface area contributed by atoms with Gasteiger partial charge in [-0.05, 0) is 29.8 Å². The van der Waals surface area contributed by atoms with Crippen LogP contribution in [0.5, 0.6) is 0 Å². The quantitative estimate of drug-likeness (QED) is 0.829. The summed E-state index contributed by atoms with van der Waals surface area (Å²) in [6.07, 6.45) is 1.14. The molecule has 0 aliphatic carbocycles. The summed E-state index contributed by atoms with van der Waals surface area (Å²) in [4.78, 5) is 15.4. The van der Waals surface area contributed by atoms with Crippen molar-refractivity contribution in [3.8, 4) is 0 Å². The largest absolute Gasteiger partial charge is 0.394 e. The average Bonchev–Trinajstić information content (AvgIpc) is 2.16. The van der Waals surface area contributed by atoms with Crippen LogP contribution in [0.25, 0.3) is 0 Å². The van der Waals surface area contributed by atoms with Gasteiger partial charge in [-0.15, -0.1) is 0 Å². The van der Waals surface area contributed by atoms with Crippen molar-refractivity contribution in [3.63, 3.8) is 0 Å². The molecule has 6 heteroatoms. The Morgan fingerprint density at radius 2 is 2.31 bits per heavy atom. The molecule has 16 heavy (non-hydrogen) atoms. The van der Waals surface area contributed by atoms with E-state index in [9.17, 15) is 9.18 Å². The summed E-state index contributed by atoms with van der Waals surface area (Å²) in [7, 11) is 0. The zero-order chi connectivity index (χ0) is 12.3. The van der Waals surface area contributed by atoms with Gasteiger partial charge in [0, 0.05) is 12.3 Å². The number of nitrogens with one attached hydrogen (secondary N) is 1. The molecule has 0 aromatic carbocycles. The number of pyridine rings is 1. The molecular weight excluding hydrogens is 279 g/mol. The molecule has 1 rings (SSSR count). The summed E-state index contributed by atoms with van der Waals surface area (Å²) in [6, 6.07) is 1.11. The van der Waals surface area contributed by atoms with Gasteiger partial charge in [-0.2, -0.15) is 0 Å². The van der Waals surface area contributed by atoms with Gasteiger partial charge in [-0.1, -0.05) is 0 Å². The highest BCUT2D eigenvalue weighted by atomic mass is 79.9. The average molecular weight is 291 g/mol. The molecule has 0 spiro atoms. The Bertz CT molecular complexity index is 410. The molecule has 0 aliphatic rings. The molecule has 0 unspecified atom stereocenters. The minimum absolute atomic E-state index is 0.148. The lowest BCUT2D eigenvalue weighted by molar-refractivity contribution is 0.0865. The van der Waals surface area contributed by atoms with E-state index in [1.165, 1.54) is 0 Å². The van der Waals surface area contributed by atoms with Crippen LogP contribution in [-0.2, 0) is 0 Å². The van der Waals surface area contributed by atoms with Crippen molar-refractivity contribution in [2.24, 2.45) is 0 Å². The minimum atomic E-state index is -0.795. The Kier molecular flexibility index (Phi) is 3.98. The number of carbonyl (C=O) groups is 1. The molecule has 0 bridgehead atoms. The first-order valence-corrected chi connectivity index (χ1v) is 5.39. The standard InChI is InChI=1S/C10H12BrFN2O2/c1-10(2,5-15)14-9(16)6-4-13-8(11)3-7(6)12/h3-4,15H,5H2,1-2H3,(H,14,16). The molecule has 4 nitrogen and oxygen atoms in total. The molecule has 1 heterocycles. The Morgan fingerprint density at radius 1 is 1.69 bits per heavy atom. The van der Waals surface area contributed by atoms with Gasteiger partial charge >= 0.3 is 0 Å². The van der Waals surface area contributed by atoms with Crippen molar-refractivity contribution < 1.29 is 14.3 Å². The number of aliphatic hydroxyl groups is 1. The number of hydrogen-bond acceptors (Lipinski definition) is 3. The molecule has 0 atom stereocenters. The summed E-state index contributed by atoms with van der Waals surface area (Å²) in [6.45, 7) is 3.04. The smallest absolute Gasteiger partial charge is 0.256 e. The van der Waals surface area contributed by atoms with Crippen LogP contribution >= 0.6 is 15.9 Å². The zero-order valence-electron chi connectivity index (χ0n) is 8.92. The molecule has 88 valence electrons. The number of hydrogen-bond donors (Lipinski definition) is 2. The monoisotopic (exact) mass is 290 g/mol. The van der Waals surface area contributed by atoms with Gasteiger partial charge in [0.15, 0.2) is 0 Å². The van der Waals surface area contributed by atoms with E-state index in [-0.39, 0.29) is 12.2 Å². The molecule has 0 saturated carbocycles. The van der Waals surface area contributed by atoms with Gasteiger partial charge < -0.3 is 10.4 Å².